The number of nitrogens with zero attached hydrogens (tertiary/aromatic N) is 3. The minimum Gasteiger partial charge on any atom is -0.384 e. The first-order valence-corrected chi connectivity index (χ1v) is 12.7. The molecule has 0 aliphatic carbocycles. The third-order valence-electron chi connectivity index (χ3n) is 7.76. The molecule has 2 saturated heterocycles. The molecule has 1 atom stereocenters. The number of fused-ring (bicyclic) bond motifs is 1. The number of anilines is 1. The summed E-state index contributed by atoms with van der Waals surface area (Å²) in [7, 11) is 2.02. The van der Waals surface area contributed by atoms with Crippen molar-refractivity contribution in [2.45, 2.75) is 25.2 Å². The van der Waals surface area contributed by atoms with Gasteiger partial charge in [-0.25, -0.2) is 0 Å². The largest absolute Gasteiger partial charge is 0.384 e. The van der Waals surface area contributed by atoms with Crippen molar-refractivity contribution in [2.24, 2.45) is 5.92 Å². The number of carbonyl (C=O) groups is 3. The highest BCUT2D eigenvalue weighted by atomic mass is 16.2. The van der Waals surface area contributed by atoms with Crippen LogP contribution in [0.2, 0.25) is 0 Å². The van der Waals surface area contributed by atoms with Crippen LogP contribution in [-0.2, 0) is 16.0 Å². The van der Waals surface area contributed by atoms with Gasteiger partial charge in [-0.3, -0.25) is 14.4 Å². The Balaban J connectivity index is 1.22. The first-order valence-electron chi connectivity index (χ1n) is 12.7. The Labute approximate surface area is 207 Å². The average molecular weight is 475 g/mol. The van der Waals surface area contributed by atoms with Crippen LogP contribution in [0.15, 0.2) is 48.5 Å². The second kappa shape index (κ2) is 10.2. The lowest BCUT2D eigenvalue weighted by atomic mass is 9.89. The Morgan fingerprint density at radius 1 is 0.886 bits per heavy atom. The topological polar surface area (TPSA) is 73.0 Å². The van der Waals surface area contributed by atoms with Gasteiger partial charge in [0.25, 0.3) is 11.8 Å². The van der Waals surface area contributed by atoms with E-state index in [4.69, 9.17) is 0 Å². The van der Waals surface area contributed by atoms with E-state index in [1.807, 2.05) is 36.2 Å². The van der Waals surface area contributed by atoms with Crippen LogP contribution in [0.25, 0.3) is 0 Å². The molecule has 184 valence electrons. The molecule has 35 heavy (non-hydrogen) atoms. The number of hydrogen-bond acceptors (Lipinski definition) is 5. The van der Waals surface area contributed by atoms with Gasteiger partial charge in [-0.05, 0) is 61.6 Å². The number of likely N-dealkylation sites (N-methyl/N-ethyl adjacent to an activating group) is 1. The number of hydrogen-bond donors (Lipinski definition) is 1. The fourth-order valence-corrected chi connectivity index (χ4v) is 5.49. The third kappa shape index (κ3) is 5.10. The zero-order valence-corrected chi connectivity index (χ0v) is 20.4. The lowest BCUT2D eigenvalue weighted by molar-refractivity contribution is -0.146. The van der Waals surface area contributed by atoms with Crippen molar-refractivity contribution in [3.63, 3.8) is 0 Å². The van der Waals surface area contributed by atoms with Crippen molar-refractivity contribution in [3.8, 4) is 0 Å². The fourth-order valence-electron chi connectivity index (χ4n) is 5.49. The summed E-state index contributed by atoms with van der Waals surface area (Å²) < 4.78 is 0. The summed E-state index contributed by atoms with van der Waals surface area (Å²) in [6.45, 7) is 4.60. The number of rotatable bonds is 5. The van der Waals surface area contributed by atoms with Crippen molar-refractivity contribution >= 4 is 23.3 Å². The molecular formula is C28H34N4O3. The highest BCUT2D eigenvalue weighted by Gasteiger charge is 2.36. The number of amides is 2. The Morgan fingerprint density at radius 3 is 2.31 bits per heavy atom. The molecule has 3 aliphatic heterocycles. The summed E-state index contributed by atoms with van der Waals surface area (Å²) in [5, 5.41) is 3.25. The molecule has 0 aromatic heterocycles. The number of likely N-dealkylation sites (tertiary alicyclic amines) is 1. The number of piperazine rings is 1. The summed E-state index contributed by atoms with van der Waals surface area (Å²) in [6, 6.07) is 16.1. The molecule has 0 spiro atoms. The summed E-state index contributed by atoms with van der Waals surface area (Å²) in [5.41, 5.74) is 3.55. The van der Waals surface area contributed by atoms with E-state index in [2.05, 4.69) is 34.5 Å². The fraction of sp³-hybridized carbons (Fsp3) is 0.464. The quantitative estimate of drug-likeness (QED) is 0.675. The minimum absolute atomic E-state index is 0.00875. The summed E-state index contributed by atoms with van der Waals surface area (Å²) in [6.07, 6.45) is 3.04. The van der Waals surface area contributed by atoms with Crippen LogP contribution >= 0.6 is 0 Å². The molecule has 2 aromatic rings. The monoisotopic (exact) mass is 474 g/mol. The molecule has 2 fully saturated rings. The molecule has 3 heterocycles. The van der Waals surface area contributed by atoms with E-state index in [0.717, 1.165) is 56.7 Å². The van der Waals surface area contributed by atoms with E-state index in [9.17, 15) is 14.4 Å². The molecule has 0 bridgehead atoms. The summed E-state index contributed by atoms with van der Waals surface area (Å²) >= 11 is 0. The second-order valence-corrected chi connectivity index (χ2v) is 10.1. The van der Waals surface area contributed by atoms with Gasteiger partial charge in [0.05, 0.1) is 5.92 Å². The van der Waals surface area contributed by atoms with Crippen molar-refractivity contribution in [1.82, 2.24) is 14.7 Å². The van der Waals surface area contributed by atoms with Gasteiger partial charge in [-0.15, -0.1) is 0 Å². The van der Waals surface area contributed by atoms with Crippen molar-refractivity contribution in [1.29, 1.82) is 0 Å². The second-order valence-electron chi connectivity index (χ2n) is 10.1. The molecule has 2 amide bonds. The van der Waals surface area contributed by atoms with Crippen LogP contribution in [0.4, 0.5) is 5.69 Å². The highest BCUT2D eigenvalue weighted by molar-refractivity contribution is 6.38. The van der Waals surface area contributed by atoms with Crippen molar-refractivity contribution in [3.05, 3.63) is 65.2 Å². The maximum Gasteiger partial charge on any atom is 0.290 e. The predicted molar refractivity (Wildman–Crippen MR) is 136 cm³/mol. The van der Waals surface area contributed by atoms with Crippen LogP contribution in [0, 0.1) is 5.92 Å². The lowest BCUT2D eigenvalue weighted by Gasteiger charge is -2.32. The van der Waals surface area contributed by atoms with E-state index in [-0.39, 0.29) is 11.7 Å². The zero-order chi connectivity index (χ0) is 24.4. The standard InChI is InChI=1S/C28H34N4O3/c1-30-13-15-32(16-14-30)28(35)26(33)24-19-29-25-8-7-22(18-23(24)25)27(34)31-11-9-21(10-12-31)17-20-5-3-2-4-6-20/h2-8,18,21,24,29H,9-17,19H2,1H3. The summed E-state index contributed by atoms with van der Waals surface area (Å²) in [5.74, 6) is -0.730. The number of nitrogens with one attached hydrogen (secondary N) is 1. The van der Waals surface area contributed by atoms with Gasteiger partial charge in [-0.2, -0.15) is 0 Å². The Morgan fingerprint density at radius 2 is 1.60 bits per heavy atom. The molecular weight excluding hydrogens is 440 g/mol. The molecule has 0 radical (unpaired) electrons. The van der Waals surface area contributed by atoms with E-state index in [1.54, 1.807) is 4.90 Å². The number of carbonyl (C=O) groups excluding carboxylic acids is 3. The summed E-state index contributed by atoms with van der Waals surface area (Å²) in [4.78, 5) is 45.0. The Kier molecular flexibility index (Phi) is 6.86. The third-order valence-corrected chi connectivity index (χ3v) is 7.76. The smallest absolute Gasteiger partial charge is 0.290 e. The van der Waals surface area contributed by atoms with Crippen LogP contribution in [0.5, 0.6) is 0 Å². The van der Waals surface area contributed by atoms with E-state index in [1.165, 1.54) is 5.56 Å². The maximum absolute atomic E-state index is 13.3. The Hall–Kier alpha value is -3.19. The maximum atomic E-state index is 13.3. The molecule has 2 aromatic carbocycles. The van der Waals surface area contributed by atoms with Crippen LogP contribution in [-0.4, -0.2) is 85.2 Å². The highest BCUT2D eigenvalue weighted by Crippen LogP contribution is 2.34. The first-order chi connectivity index (χ1) is 17.0. The zero-order valence-electron chi connectivity index (χ0n) is 20.4. The molecule has 1 unspecified atom stereocenters. The van der Waals surface area contributed by atoms with E-state index in [0.29, 0.717) is 31.1 Å². The van der Waals surface area contributed by atoms with E-state index >= 15 is 0 Å². The van der Waals surface area contributed by atoms with Gasteiger partial charge >= 0.3 is 0 Å². The van der Waals surface area contributed by atoms with Crippen molar-refractivity contribution < 1.29 is 14.4 Å². The van der Waals surface area contributed by atoms with Crippen molar-refractivity contribution in [2.75, 3.05) is 58.2 Å². The number of benzene rings is 2. The number of ketones is 1. The normalized spacial score (nSPS) is 20.9. The van der Waals surface area contributed by atoms with Crippen LogP contribution < -0.4 is 5.32 Å². The van der Waals surface area contributed by atoms with E-state index < -0.39 is 11.8 Å². The van der Waals surface area contributed by atoms with Gasteiger partial charge in [-0.1, -0.05) is 30.3 Å². The minimum atomic E-state index is -0.540. The molecule has 3 aliphatic rings. The van der Waals surface area contributed by atoms with Crippen LogP contribution in [0.1, 0.15) is 40.2 Å². The van der Waals surface area contributed by atoms with Gasteiger partial charge < -0.3 is 20.0 Å². The molecule has 7 nitrogen and oxygen atoms in total. The first kappa shape index (κ1) is 23.5. The Bertz CT molecular complexity index is 1090. The van der Waals surface area contributed by atoms with Gasteiger partial charge in [0.2, 0.25) is 5.78 Å². The number of Topliss-reactive ketones (excluding diaryl/α,β-unsaturated/α-hetero) is 1. The molecule has 0 saturated carbocycles. The lowest BCUT2D eigenvalue weighted by Crippen LogP contribution is -2.50. The van der Waals surface area contributed by atoms with Gasteiger partial charge in [0.15, 0.2) is 0 Å². The number of piperidine rings is 1. The molecule has 7 heteroatoms. The predicted octanol–water partition coefficient (Wildman–Crippen LogP) is 2.63. The molecule has 5 rings (SSSR count). The van der Waals surface area contributed by atoms with Crippen LogP contribution in [0.3, 0.4) is 0 Å². The van der Waals surface area contributed by atoms with Gasteiger partial charge in [0, 0.05) is 57.1 Å². The molecule has 1 N–H and O–H groups in total. The SMILES string of the molecule is CN1CCN(C(=O)C(=O)C2CNc3ccc(C(=O)N4CCC(Cc5ccccc5)CC4)cc32)CC1. The van der Waals surface area contributed by atoms with Gasteiger partial charge in [0.1, 0.15) is 0 Å². The average Bonchev–Trinajstić information content (AvgIpc) is 3.32.